The molecule has 0 saturated heterocycles. The first-order valence-electron chi connectivity index (χ1n) is 3.07. The van der Waals surface area contributed by atoms with Crippen LogP contribution < -0.4 is 0 Å². The molecule has 1 atom stereocenters. The third-order valence-electron chi connectivity index (χ3n) is 0.659. The molecule has 0 amide bonds. The van der Waals surface area contributed by atoms with Crippen molar-refractivity contribution in [3.05, 3.63) is 0 Å². The molecule has 13 heavy (non-hydrogen) atoms. The lowest BCUT2D eigenvalue weighted by molar-refractivity contribution is -0.197. The van der Waals surface area contributed by atoms with Gasteiger partial charge in [-0.2, -0.15) is 4.31 Å². The Hall–Kier alpha value is 0.220. The molecule has 0 aliphatic rings. The Labute approximate surface area is 74.5 Å². The number of hydrogen-bond donors (Lipinski definition) is 2. The summed E-state index contributed by atoms with van der Waals surface area (Å²) < 4.78 is 33.5. The van der Waals surface area contributed by atoms with E-state index in [2.05, 4.69) is 18.4 Å². The minimum absolute atomic E-state index is 0.110. The second kappa shape index (κ2) is 5.19. The van der Waals surface area contributed by atoms with E-state index in [0.29, 0.717) is 0 Å². The average molecular weight is 236 g/mol. The van der Waals surface area contributed by atoms with E-state index in [-0.39, 0.29) is 6.61 Å². The maximum Gasteiger partial charge on any atom is 0.511 e. The molecular formula is C3H10O8P2. The molecule has 8 nitrogen and oxygen atoms in total. The second-order valence-corrected chi connectivity index (χ2v) is 4.61. The summed E-state index contributed by atoms with van der Waals surface area (Å²) in [5.41, 5.74) is 0. The molecule has 0 radical (unpaired) electrons. The third-order valence-corrected chi connectivity index (χ3v) is 3.22. The molecule has 0 spiro atoms. The van der Waals surface area contributed by atoms with Crippen molar-refractivity contribution < 1.29 is 37.3 Å². The molecule has 0 aromatic heterocycles. The highest BCUT2D eigenvalue weighted by Gasteiger charge is 2.36. The SMILES string of the molecule is CCOP(=O)(OOC)OP(=O)(O)O. The first-order chi connectivity index (χ1) is 5.83. The van der Waals surface area contributed by atoms with E-state index in [0.717, 1.165) is 7.11 Å². The van der Waals surface area contributed by atoms with Crippen LogP contribution in [0.3, 0.4) is 0 Å². The van der Waals surface area contributed by atoms with E-state index in [1.807, 2.05) is 0 Å². The quantitative estimate of drug-likeness (QED) is 0.396. The van der Waals surface area contributed by atoms with Gasteiger partial charge in [-0.1, -0.05) is 0 Å². The van der Waals surface area contributed by atoms with Gasteiger partial charge in [0.2, 0.25) is 0 Å². The van der Waals surface area contributed by atoms with Crippen molar-refractivity contribution in [3.63, 3.8) is 0 Å². The number of phosphoric acid groups is 2. The summed E-state index contributed by atoms with van der Waals surface area (Å²) in [6.07, 6.45) is 0. The zero-order valence-corrected chi connectivity index (χ0v) is 8.73. The van der Waals surface area contributed by atoms with Crippen molar-refractivity contribution in [1.29, 1.82) is 0 Å². The molecule has 80 valence electrons. The van der Waals surface area contributed by atoms with Crippen LogP contribution in [0, 0.1) is 0 Å². The number of hydrogen-bond acceptors (Lipinski definition) is 6. The summed E-state index contributed by atoms with van der Waals surface area (Å²) in [7, 11) is -8.27. The highest BCUT2D eigenvalue weighted by atomic mass is 31.3. The van der Waals surface area contributed by atoms with E-state index < -0.39 is 15.6 Å². The van der Waals surface area contributed by atoms with Crippen LogP contribution in [0.5, 0.6) is 0 Å². The van der Waals surface area contributed by atoms with Crippen LogP contribution in [0.1, 0.15) is 6.92 Å². The highest BCUT2D eigenvalue weighted by Crippen LogP contribution is 2.60. The van der Waals surface area contributed by atoms with E-state index in [4.69, 9.17) is 9.79 Å². The fourth-order valence-electron chi connectivity index (χ4n) is 0.438. The molecule has 0 bridgehead atoms. The summed E-state index contributed by atoms with van der Waals surface area (Å²) in [6, 6.07) is 0. The molecule has 2 N–H and O–H groups in total. The van der Waals surface area contributed by atoms with Crippen LogP contribution in [0.2, 0.25) is 0 Å². The molecule has 0 aliphatic heterocycles. The molecular weight excluding hydrogens is 226 g/mol. The van der Waals surface area contributed by atoms with E-state index in [1.165, 1.54) is 6.92 Å². The third kappa shape index (κ3) is 6.31. The van der Waals surface area contributed by atoms with Crippen LogP contribution in [-0.2, 0) is 27.5 Å². The van der Waals surface area contributed by atoms with Gasteiger partial charge >= 0.3 is 15.6 Å². The van der Waals surface area contributed by atoms with Crippen molar-refractivity contribution in [1.82, 2.24) is 0 Å². The first-order valence-corrected chi connectivity index (χ1v) is 6.06. The smallest absolute Gasteiger partial charge is 0.302 e. The zero-order chi connectivity index (χ0) is 10.5. The van der Waals surface area contributed by atoms with Gasteiger partial charge in [0.15, 0.2) is 0 Å². The molecule has 0 heterocycles. The Kier molecular flexibility index (Phi) is 5.28. The minimum Gasteiger partial charge on any atom is -0.302 e. The first kappa shape index (κ1) is 13.2. The molecule has 0 aliphatic carbocycles. The Morgan fingerprint density at radius 1 is 1.31 bits per heavy atom. The monoisotopic (exact) mass is 236 g/mol. The molecule has 0 aromatic rings. The molecule has 0 rings (SSSR count). The fourth-order valence-corrected chi connectivity index (χ4v) is 2.32. The van der Waals surface area contributed by atoms with Crippen LogP contribution in [0.15, 0.2) is 0 Å². The van der Waals surface area contributed by atoms with Gasteiger partial charge in [-0.3, -0.25) is 4.52 Å². The largest absolute Gasteiger partial charge is 0.511 e. The lowest BCUT2D eigenvalue weighted by atomic mass is 10.9. The zero-order valence-electron chi connectivity index (χ0n) is 6.95. The Bertz CT molecular complexity index is 222. The van der Waals surface area contributed by atoms with Crippen LogP contribution in [-0.4, -0.2) is 23.5 Å². The van der Waals surface area contributed by atoms with E-state index >= 15 is 0 Å². The van der Waals surface area contributed by atoms with Crippen LogP contribution >= 0.6 is 15.6 Å². The molecule has 10 heteroatoms. The predicted molar refractivity (Wildman–Crippen MR) is 40.5 cm³/mol. The topological polar surface area (TPSA) is 112 Å². The van der Waals surface area contributed by atoms with Crippen LogP contribution in [0.4, 0.5) is 0 Å². The average Bonchev–Trinajstić information content (AvgIpc) is 1.82. The maximum atomic E-state index is 11.1. The molecule has 0 saturated carbocycles. The molecule has 1 unspecified atom stereocenters. The van der Waals surface area contributed by atoms with Crippen molar-refractivity contribution in [3.8, 4) is 0 Å². The van der Waals surface area contributed by atoms with Gasteiger partial charge in [0.05, 0.1) is 13.7 Å². The predicted octanol–water partition coefficient (Wildman–Crippen LogP) is 0.818. The fraction of sp³-hybridized carbons (Fsp3) is 1.00. The van der Waals surface area contributed by atoms with Crippen molar-refractivity contribution >= 4 is 15.6 Å². The molecule has 0 fully saturated rings. The van der Waals surface area contributed by atoms with E-state index in [1.54, 1.807) is 0 Å². The van der Waals surface area contributed by atoms with Crippen LogP contribution in [0.25, 0.3) is 0 Å². The van der Waals surface area contributed by atoms with Gasteiger partial charge in [-0.15, -0.1) is 4.67 Å². The standard InChI is InChI=1S/C3H10O8P2/c1-3-9-13(7,10-8-2)11-12(4,5)6/h3H2,1-2H3,(H2,4,5,6). The summed E-state index contributed by atoms with van der Waals surface area (Å²) in [5, 5.41) is 0. The Balaban J connectivity index is 4.42. The minimum atomic E-state index is -4.94. The molecule has 0 aromatic carbocycles. The van der Waals surface area contributed by atoms with Crippen molar-refractivity contribution in [2.75, 3.05) is 13.7 Å². The summed E-state index contributed by atoms with van der Waals surface area (Å²) >= 11 is 0. The Morgan fingerprint density at radius 3 is 2.15 bits per heavy atom. The van der Waals surface area contributed by atoms with Gasteiger partial charge in [0.1, 0.15) is 0 Å². The lowest BCUT2D eigenvalue weighted by Crippen LogP contribution is -1.98. The van der Waals surface area contributed by atoms with Crippen molar-refractivity contribution in [2.24, 2.45) is 0 Å². The van der Waals surface area contributed by atoms with Gasteiger partial charge in [0.25, 0.3) is 0 Å². The van der Waals surface area contributed by atoms with Crippen molar-refractivity contribution in [2.45, 2.75) is 6.92 Å². The maximum absolute atomic E-state index is 11.1. The van der Waals surface area contributed by atoms with E-state index in [9.17, 15) is 9.13 Å². The highest BCUT2D eigenvalue weighted by molar-refractivity contribution is 7.61. The lowest BCUT2D eigenvalue weighted by Gasteiger charge is -2.14. The summed E-state index contributed by atoms with van der Waals surface area (Å²) in [6.45, 7) is 1.33. The van der Waals surface area contributed by atoms with Gasteiger partial charge in [0, 0.05) is 0 Å². The number of rotatable bonds is 6. The van der Waals surface area contributed by atoms with Gasteiger partial charge in [-0.05, 0) is 6.92 Å². The summed E-state index contributed by atoms with van der Waals surface area (Å²) in [5.74, 6) is 0. The Morgan fingerprint density at radius 2 is 1.85 bits per heavy atom. The van der Waals surface area contributed by atoms with Gasteiger partial charge in [-0.25, -0.2) is 14.0 Å². The normalized spacial score (nSPS) is 16.9. The van der Waals surface area contributed by atoms with Gasteiger partial charge < -0.3 is 9.79 Å². The summed E-state index contributed by atoms with van der Waals surface area (Å²) in [4.78, 5) is 20.6. The second-order valence-electron chi connectivity index (χ2n) is 1.68.